The lowest BCUT2D eigenvalue weighted by Gasteiger charge is -2.23. The van der Waals surface area contributed by atoms with Gasteiger partial charge in [-0.1, -0.05) is 0 Å². The molecule has 2 amide bonds. The van der Waals surface area contributed by atoms with Crippen LogP contribution in [0.1, 0.15) is 18.9 Å². The SMILES string of the molecule is CC(=O)N1CCc2cc(NC(=O)CC3CNCCO3)ccc21.Cl. The lowest BCUT2D eigenvalue weighted by molar-refractivity contribution is -0.119. The fourth-order valence-electron chi connectivity index (χ4n) is 2.98. The van der Waals surface area contributed by atoms with E-state index in [0.29, 0.717) is 26.1 Å². The summed E-state index contributed by atoms with van der Waals surface area (Å²) in [6, 6.07) is 5.70. The zero-order chi connectivity index (χ0) is 15.5. The molecule has 1 aromatic carbocycles. The number of fused-ring (bicyclic) bond motifs is 1. The number of carbonyl (C=O) groups is 2. The molecule has 1 aromatic rings. The first-order chi connectivity index (χ1) is 10.6. The molecule has 0 aromatic heterocycles. The molecule has 1 atom stereocenters. The second-order valence-corrected chi connectivity index (χ2v) is 5.71. The van der Waals surface area contributed by atoms with Gasteiger partial charge in [0.15, 0.2) is 0 Å². The number of morpholine rings is 1. The summed E-state index contributed by atoms with van der Waals surface area (Å²) < 4.78 is 5.53. The van der Waals surface area contributed by atoms with Gasteiger partial charge in [0.1, 0.15) is 0 Å². The van der Waals surface area contributed by atoms with E-state index in [1.807, 2.05) is 18.2 Å². The summed E-state index contributed by atoms with van der Waals surface area (Å²) in [5, 5.41) is 6.12. The third-order valence-electron chi connectivity index (χ3n) is 4.06. The monoisotopic (exact) mass is 339 g/mol. The van der Waals surface area contributed by atoms with Crippen molar-refractivity contribution in [1.82, 2.24) is 5.32 Å². The van der Waals surface area contributed by atoms with E-state index >= 15 is 0 Å². The Labute approximate surface area is 142 Å². The topological polar surface area (TPSA) is 70.7 Å². The minimum absolute atomic E-state index is 0. The van der Waals surface area contributed by atoms with E-state index in [1.165, 1.54) is 0 Å². The van der Waals surface area contributed by atoms with Gasteiger partial charge in [-0.15, -0.1) is 12.4 Å². The Bertz CT molecular complexity index is 588. The van der Waals surface area contributed by atoms with Crippen molar-refractivity contribution in [2.24, 2.45) is 0 Å². The van der Waals surface area contributed by atoms with Crippen molar-refractivity contribution in [2.75, 3.05) is 36.5 Å². The fourth-order valence-corrected chi connectivity index (χ4v) is 2.98. The van der Waals surface area contributed by atoms with Crippen LogP contribution in [0.4, 0.5) is 11.4 Å². The lowest BCUT2D eigenvalue weighted by atomic mass is 10.1. The molecule has 2 aliphatic rings. The van der Waals surface area contributed by atoms with Crippen LogP contribution in [0.3, 0.4) is 0 Å². The molecule has 0 aliphatic carbocycles. The summed E-state index contributed by atoms with van der Waals surface area (Å²) in [6.07, 6.45) is 1.12. The van der Waals surface area contributed by atoms with Crippen LogP contribution in [0.5, 0.6) is 0 Å². The number of rotatable bonds is 3. The summed E-state index contributed by atoms with van der Waals surface area (Å²) in [5.41, 5.74) is 2.83. The first kappa shape index (κ1) is 17.7. The number of halogens is 1. The van der Waals surface area contributed by atoms with Crippen LogP contribution in [0, 0.1) is 0 Å². The van der Waals surface area contributed by atoms with Crippen molar-refractivity contribution in [3.8, 4) is 0 Å². The molecule has 2 heterocycles. The van der Waals surface area contributed by atoms with Crippen molar-refractivity contribution in [1.29, 1.82) is 0 Å². The average molecular weight is 340 g/mol. The largest absolute Gasteiger partial charge is 0.375 e. The van der Waals surface area contributed by atoms with Gasteiger partial charge in [-0.2, -0.15) is 0 Å². The minimum Gasteiger partial charge on any atom is -0.375 e. The first-order valence-corrected chi connectivity index (χ1v) is 7.66. The molecular formula is C16H22ClN3O3. The van der Waals surface area contributed by atoms with E-state index in [4.69, 9.17) is 4.74 Å². The minimum atomic E-state index is -0.0589. The lowest BCUT2D eigenvalue weighted by Crippen LogP contribution is -2.40. The highest BCUT2D eigenvalue weighted by Gasteiger charge is 2.23. The summed E-state index contributed by atoms with van der Waals surface area (Å²) in [6.45, 7) is 4.49. The Kier molecular flexibility index (Phi) is 5.98. The molecule has 0 radical (unpaired) electrons. The number of ether oxygens (including phenoxy) is 1. The third kappa shape index (κ3) is 4.22. The number of benzene rings is 1. The van der Waals surface area contributed by atoms with Gasteiger partial charge in [0.2, 0.25) is 11.8 Å². The van der Waals surface area contributed by atoms with Crippen molar-refractivity contribution in [3.63, 3.8) is 0 Å². The van der Waals surface area contributed by atoms with E-state index in [0.717, 1.165) is 29.9 Å². The predicted octanol–water partition coefficient (Wildman–Crippen LogP) is 1.33. The summed E-state index contributed by atoms with van der Waals surface area (Å²) in [5.74, 6) is 0.00699. The Morgan fingerprint density at radius 3 is 2.96 bits per heavy atom. The molecule has 2 aliphatic heterocycles. The highest BCUT2D eigenvalue weighted by Crippen LogP contribution is 2.30. The number of hydrogen-bond acceptors (Lipinski definition) is 4. The molecule has 126 valence electrons. The zero-order valence-corrected chi connectivity index (χ0v) is 13.9. The number of carbonyl (C=O) groups excluding carboxylic acids is 2. The predicted molar refractivity (Wildman–Crippen MR) is 91.3 cm³/mol. The van der Waals surface area contributed by atoms with Gasteiger partial charge in [-0.25, -0.2) is 0 Å². The van der Waals surface area contributed by atoms with Crippen LogP contribution in [-0.2, 0) is 20.7 Å². The van der Waals surface area contributed by atoms with Gasteiger partial charge in [0.25, 0.3) is 0 Å². The van der Waals surface area contributed by atoms with E-state index in [1.54, 1.807) is 11.8 Å². The molecule has 1 saturated heterocycles. The second-order valence-electron chi connectivity index (χ2n) is 5.71. The van der Waals surface area contributed by atoms with E-state index < -0.39 is 0 Å². The maximum absolute atomic E-state index is 12.1. The average Bonchev–Trinajstić information content (AvgIpc) is 2.91. The standard InChI is InChI=1S/C16H21N3O3.ClH/c1-11(20)19-6-4-12-8-13(2-3-15(12)19)18-16(21)9-14-10-17-5-7-22-14;/h2-3,8,14,17H,4-7,9-10H2,1H3,(H,18,21);1H. The zero-order valence-electron chi connectivity index (χ0n) is 13.1. The number of nitrogens with zero attached hydrogens (tertiary/aromatic N) is 1. The van der Waals surface area contributed by atoms with Crippen LogP contribution < -0.4 is 15.5 Å². The maximum atomic E-state index is 12.1. The molecule has 3 rings (SSSR count). The maximum Gasteiger partial charge on any atom is 0.227 e. The van der Waals surface area contributed by atoms with Crippen molar-refractivity contribution < 1.29 is 14.3 Å². The Balaban J connectivity index is 0.00000192. The van der Waals surface area contributed by atoms with Gasteiger partial charge in [0, 0.05) is 37.9 Å². The third-order valence-corrected chi connectivity index (χ3v) is 4.06. The summed E-state index contributed by atoms with van der Waals surface area (Å²) in [7, 11) is 0. The molecule has 0 spiro atoms. The van der Waals surface area contributed by atoms with Gasteiger partial charge in [-0.05, 0) is 30.2 Å². The van der Waals surface area contributed by atoms with Crippen molar-refractivity contribution in [2.45, 2.75) is 25.9 Å². The highest BCUT2D eigenvalue weighted by molar-refractivity contribution is 5.95. The molecule has 6 nitrogen and oxygen atoms in total. The van der Waals surface area contributed by atoms with Crippen LogP contribution in [0.25, 0.3) is 0 Å². The van der Waals surface area contributed by atoms with Gasteiger partial charge >= 0.3 is 0 Å². The molecule has 1 fully saturated rings. The molecule has 1 unspecified atom stereocenters. The van der Waals surface area contributed by atoms with E-state index in [2.05, 4.69) is 10.6 Å². The van der Waals surface area contributed by atoms with Crippen LogP contribution in [0.2, 0.25) is 0 Å². The van der Waals surface area contributed by atoms with Gasteiger partial charge in [-0.3, -0.25) is 9.59 Å². The van der Waals surface area contributed by atoms with Crippen molar-refractivity contribution in [3.05, 3.63) is 23.8 Å². The van der Waals surface area contributed by atoms with E-state index in [9.17, 15) is 9.59 Å². The van der Waals surface area contributed by atoms with Crippen LogP contribution in [0.15, 0.2) is 18.2 Å². The summed E-state index contributed by atoms with van der Waals surface area (Å²) in [4.78, 5) is 25.4. The molecule has 23 heavy (non-hydrogen) atoms. The second kappa shape index (κ2) is 7.77. The van der Waals surface area contributed by atoms with Crippen LogP contribution in [-0.4, -0.2) is 44.2 Å². The number of anilines is 2. The molecular weight excluding hydrogens is 318 g/mol. The quantitative estimate of drug-likeness (QED) is 0.871. The van der Waals surface area contributed by atoms with Crippen LogP contribution >= 0.6 is 12.4 Å². The van der Waals surface area contributed by atoms with Gasteiger partial charge in [0.05, 0.1) is 19.1 Å². The number of hydrogen-bond donors (Lipinski definition) is 2. The van der Waals surface area contributed by atoms with E-state index in [-0.39, 0.29) is 30.3 Å². The molecule has 0 saturated carbocycles. The van der Waals surface area contributed by atoms with Crippen molar-refractivity contribution >= 4 is 35.6 Å². The highest BCUT2D eigenvalue weighted by atomic mass is 35.5. The summed E-state index contributed by atoms with van der Waals surface area (Å²) >= 11 is 0. The van der Waals surface area contributed by atoms with Gasteiger partial charge < -0.3 is 20.3 Å². The first-order valence-electron chi connectivity index (χ1n) is 7.66. The Morgan fingerprint density at radius 2 is 2.26 bits per heavy atom. The number of nitrogens with one attached hydrogen (secondary N) is 2. The Hall–Kier alpha value is -1.63. The fraction of sp³-hybridized carbons (Fsp3) is 0.500. The number of amides is 2. The Morgan fingerprint density at radius 1 is 1.43 bits per heavy atom. The molecule has 0 bridgehead atoms. The molecule has 2 N–H and O–H groups in total. The smallest absolute Gasteiger partial charge is 0.227 e. The molecule has 7 heteroatoms. The normalized spacial score (nSPS) is 19.7.